The Kier molecular flexibility index (Phi) is 4.53. The van der Waals surface area contributed by atoms with Crippen molar-refractivity contribution in [3.63, 3.8) is 0 Å². The number of carboxylic acid groups (broad SMARTS) is 1. The number of aliphatic hydroxyl groups excluding tert-OH is 1. The summed E-state index contributed by atoms with van der Waals surface area (Å²) in [6.07, 6.45) is 1.95. The van der Waals surface area contributed by atoms with E-state index < -0.39 is 6.09 Å². The Balaban J connectivity index is 3.09. The van der Waals surface area contributed by atoms with Crippen molar-refractivity contribution < 1.29 is 15.0 Å². The van der Waals surface area contributed by atoms with Crippen LogP contribution in [-0.4, -0.2) is 29.5 Å². The van der Waals surface area contributed by atoms with Crippen LogP contribution in [0.5, 0.6) is 0 Å². The van der Waals surface area contributed by atoms with Gasteiger partial charge in [0.2, 0.25) is 0 Å². The van der Waals surface area contributed by atoms with E-state index in [0.717, 1.165) is 0 Å². The second-order valence-corrected chi connectivity index (χ2v) is 1.34. The summed E-state index contributed by atoms with van der Waals surface area (Å²) in [5.41, 5.74) is 0. The number of amides is 1. The standard InChI is InChI=1S/C5H9NO3/c7-4-2-1-3-6-5(8)9/h1-2,6-7H,3-4H2,(H,8,9). The first-order chi connectivity index (χ1) is 4.27. The number of carbonyl (C=O) groups is 1. The Bertz CT molecular complexity index is 111. The predicted molar refractivity (Wildman–Crippen MR) is 32.3 cm³/mol. The summed E-state index contributed by atoms with van der Waals surface area (Å²) in [6.45, 7) is 0.192. The highest BCUT2D eigenvalue weighted by molar-refractivity contribution is 5.64. The number of aliphatic hydroxyl groups is 1. The molecular weight excluding hydrogens is 122 g/mol. The van der Waals surface area contributed by atoms with Gasteiger partial charge in [0.05, 0.1) is 6.61 Å². The molecule has 0 aliphatic rings. The molecule has 0 unspecified atom stereocenters. The maximum atomic E-state index is 9.75. The number of rotatable bonds is 3. The van der Waals surface area contributed by atoms with Gasteiger partial charge in [-0.05, 0) is 0 Å². The summed E-state index contributed by atoms with van der Waals surface area (Å²) in [6, 6.07) is 0. The number of hydrogen-bond acceptors (Lipinski definition) is 2. The van der Waals surface area contributed by atoms with E-state index in [1.54, 1.807) is 0 Å². The predicted octanol–water partition coefficient (Wildman–Crippen LogP) is -0.198. The Morgan fingerprint density at radius 3 is 2.67 bits per heavy atom. The molecule has 0 saturated heterocycles. The van der Waals surface area contributed by atoms with Gasteiger partial charge in [0.1, 0.15) is 0 Å². The third-order valence-electron chi connectivity index (χ3n) is 0.643. The monoisotopic (exact) mass is 131 g/mol. The van der Waals surface area contributed by atoms with Crippen LogP contribution in [0.4, 0.5) is 4.79 Å². The van der Waals surface area contributed by atoms with Crippen LogP contribution < -0.4 is 5.32 Å². The van der Waals surface area contributed by atoms with Gasteiger partial charge < -0.3 is 15.5 Å². The molecule has 52 valence electrons. The quantitative estimate of drug-likeness (QED) is 0.464. The maximum absolute atomic E-state index is 9.75. The number of hydrogen-bond donors (Lipinski definition) is 3. The molecule has 0 atom stereocenters. The van der Waals surface area contributed by atoms with Crippen molar-refractivity contribution in [2.45, 2.75) is 0 Å². The van der Waals surface area contributed by atoms with Crippen LogP contribution in [0.1, 0.15) is 0 Å². The fraction of sp³-hybridized carbons (Fsp3) is 0.400. The van der Waals surface area contributed by atoms with Gasteiger partial charge in [-0.1, -0.05) is 12.2 Å². The molecular formula is C5H9NO3. The molecule has 0 aromatic rings. The van der Waals surface area contributed by atoms with E-state index in [-0.39, 0.29) is 13.2 Å². The van der Waals surface area contributed by atoms with E-state index in [1.165, 1.54) is 12.2 Å². The van der Waals surface area contributed by atoms with E-state index in [0.29, 0.717) is 0 Å². The lowest BCUT2D eigenvalue weighted by atomic mass is 10.5. The summed E-state index contributed by atoms with van der Waals surface area (Å²) >= 11 is 0. The molecule has 0 aliphatic heterocycles. The topological polar surface area (TPSA) is 69.6 Å². The normalized spacial score (nSPS) is 9.89. The third kappa shape index (κ3) is 6.97. The second-order valence-electron chi connectivity index (χ2n) is 1.34. The van der Waals surface area contributed by atoms with Crippen LogP contribution in [0.2, 0.25) is 0 Å². The van der Waals surface area contributed by atoms with Crippen molar-refractivity contribution in [2.75, 3.05) is 13.2 Å². The second kappa shape index (κ2) is 5.11. The van der Waals surface area contributed by atoms with E-state index >= 15 is 0 Å². The highest BCUT2D eigenvalue weighted by atomic mass is 16.4. The van der Waals surface area contributed by atoms with Crippen LogP contribution in [0.3, 0.4) is 0 Å². The fourth-order valence-corrected chi connectivity index (χ4v) is 0.304. The minimum atomic E-state index is -1.06. The van der Waals surface area contributed by atoms with Gasteiger partial charge in [-0.25, -0.2) is 4.79 Å². The maximum Gasteiger partial charge on any atom is 0.404 e. The van der Waals surface area contributed by atoms with Crippen LogP contribution in [-0.2, 0) is 0 Å². The highest BCUT2D eigenvalue weighted by Crippen LogP contribution is 1.67. The van der Waals surface area contributed by atoms with E-state index in [2.05, 4.69) is 5.32 Å². The van der Waals surface area contributed by atoms with Crippen molar-refractivity contribution in [3.8, 4) is 0 Å². The lowest BCUT2D eigenvalue weighted by Gasteiger charge is -1.90. The van der Waals surface area contributed by atoms with Crippen LogP contribution in [0, 0.1) is 0 Å². The van der Waals surface area contributed by atoms with Crippen molar-refractivity contribution in [3.05, 3.63) is 12.2 Å². The van der Waals surface area contributed by atoms with Gasteiger partial charge in [-0.3, -0.25) is 0 Å². The van der Waals surface area contributed by atoms with Crippen molar-refractivity contribution in [2.24, 2.45) is 0 Å². The molecule has 0 fully saturated rings. The molecule has 0 bridgehead atoms. The van der Waals surface area contributed by atoms with Gasteiger partial charge >= 0.3 is 6.09 Å². The zero-order valence-corrected chi connectivity index (χ0v) is 4.87. The lowest BCUT2D eigenvalue weighted by Crippen LogP contribution is -2.20. The smallest absolute Gasteiger partial charge is 0.404 e. The molecule has 9 heavy (non-hydrogen) atoms. The molecule has 0 aliphatic carbocycles. The lowest BCUT2D eigenvalue weighted by molar-refractivity contribution is 0.195. The summed E-state index contributed by atoms with van der Waals surface area (Å²) in [5.74, 6) is 0. The zero-order chi connectivity index (χ0) is 7.11. The molecule has 1 amide bonds. The third-order valence-corrected chi connectivity index (χ3v) is 0.643. The van der Waals surface area contributed by atoms with Crippen LogP contribution in [0.25, 0.3) is 0 Å². The first-order valence-electron chi connectivity index (χ1n) is 2.50. The van der Waals surface area contributed by atoms with Crippen molar-refractivity contribution in [1.82, 2.24) is 5.32 Å². The van der Waals surface area contributed by atoms with Gasteiger partial charge in [-0.15, -0.1) is 0 Å². The Morgan fingerprint density at radius 2 is 2.22 bits per heavy atom. The Morgan fingerprint density at radius 1 is 1.56 bits per heavy atom. The molecule has 4 heteroatoms. The minimum Gasteiger partial charge on any atom is -0.465 e. The largest absolute Gasteiger partial charge is 0.465 e. The van der Waals surface area contributed by atoms with Gasteiger partial charge in [-0.2, -0.15) is 0 Å². The summed E-state index contributed by atoms with van der Waals surface area (Å²) in [7, 11) is 0. The highest BCUT2D eigenvalue weighted by Gasteiger charge is 1.85. The van der Waals surface area contributed by atoms with Gasteiger partial charge in [0, 0.05) is 6.54 Å². The number of nitrogens with one attached hydrogen (secondary N) is 1. The molecule has 0 aromatic carbocycles. The molecule has 0 rings (SSSR count). The van der Waals surface area contributed by atoms with Crippen molar-refractivity contribution >= 4 is 6.09 Å². The minimum absolute atomic E-state index is 0.0543. The van der Waals surface area contributed by atoms with Crippen LogP contribution in [0.15, 0.2) is 12.2 Å². The first kappa shape index (κ1) is 7.97. The summed E-state index contributed by atoms with van der Waals surface area (Å²) < 4.78 is 0. The molecule has 0 radical (unpaired) electrons. The molecule has 0 saturated carbocycles. The molecule has 0 spiro atoms. The fourth-order valence-electron chi connectivity index (χ4n) is 0.304. The van der Waals surface area contributed by atoms with E-state index in [9.17, 15) is 4.79 Å². The van der Waals surface area contributed by atoms with Gasteiger partial charge in [0.15, 0.2) is 0 Å². The van der Waals surface area contributed by atoms with E-state index in [4.69, 9.17) is 10.2 Å². The zero-order valence-electron chi connectivity index (χ0n) is 4.87. The molecule has 3 N–H and O–H groups in total. The summed E-state index contributed by atoms with van der Waals surface area (Å²) in [5, 5.41) is 18.3. The summed E-state index contributed by atoms with van der Waals surface area (Å²) in [4.78, 5) is 9.75. The van der Waals surface area contributed by atoms with Crippen molar-refractivity contribution in [1.29, 1.82) is 0 Å². The van der Waals surface area contributed by atoms with E-state index in [1.807, 2.05) is 0 Å². The Labute approximate surface area is 52.8 Å². The molecule has 0 heterocycles. The van der Waals surface area contributed by atoms with Crippen LogP contribution >= 0.6 is 0 Å². The van der Waals surface area contributed by atoms with Gasteiger partial charge in [0.25, 0.3) is 0 Å². The molecule has 0 aromatic heterocycles. The Hall–Kier alpha value is -1.03. The average Bonchev–Trinajstić information content (AvgIpc) is 1.80. The molecule has 4 nitrogen and oxygen atoms in total. The average molecular weight is 131 g/mol. The first-order valence-corrected chi connectivity index (χ1v) is 2.50. The SMILES string of the molecule is O=C(O)NCC=CCO.